The summed E-state index contributed by atoms with van der Waals surface area (Å²) in [6.45, 7) is 3.32. The van der Waals surface area contributed by atoms with Gasteiger partial charge in [0.1, 0.15) is 0 Å². The summed E-state index contributed by atoms with van der Waals surface area (Å²) in [5, 5.41) is 3.55. The molecule has 1 N–H and O–H groups in total. The molecule has 2 aromatic rings. The highest BCUT2D eigenvalue weighted by molar-refractivity contribution is 7.99. The molecule has 3 rings (SSSR count). The first-order valence-corrected chi connectivity index (χ1v) is 12.0. The van der Waals surface area contributed by atoms with Crippen LogP contribution in [0.4, 0.5) is 0 Å². The van der Waals surface area contributed by atoms with Gasteiger partial charge in [0.15, 0.2) is 0 Å². The van der Waals surface area contributed by atoms with Gasteiger partial charge in [0.25, 0.3) is 5.91 Å². The van der Waals surface area contributed by atoms with E-state index in [9.17, 15) is 13.2 Å². The Kier molecular flexibility index (Phi) is 7.04. The first-order valence-electron chi connectivity index (χ1n) is 9.15. The molecule has 0 radical (unpaired) electrons. The van der Waals surface area contributed by atoms with Crippen LogP contribution >= 0.6 is 23.4 Å². The van der Waals surface area contributed by atoms with Gasteiger partial charge in [0, 0.05) is 40.9 Å². The predicted molar refractivity (Wildman–Crippen MR) is 114 cm³/mol. The molecule has 1 heterocycles. The third-order valence-corrected chi connectivity index (χ3v) is 7.91. The highest BCUT2D eigenvalue weighted by Gasteiger charge is 2.29. The Morgan fingerprint density at radius 2 is 1.82 bits per heavy atom. The summed E-state index contributed by atoms with van der Waals surface area (Å²) in [4.78, 5) is 13.8. The van der Waals surface area contributed by atoms with Crippen molar-refractivity contribution in [2.24, 2.45) is 0 Å². The number of hydrogen-bond donors (Lipinski definition) is 1. The lowest BCUT2D eigenvalue weighted by atomic mass is 10.1. The number of nitrogens with one attached hydrogen (secondary N) is 1. The van der Waals surface area contributed by atoms with Crippen LogP contribution in [0.5, 0.6) is 0 Å². The number of nitrogens with zero attached hydrogens (tertiary/aromatic N) is 1. The predicted octanol–water partition coefficient (Wildman–Crippen LogP) is 3.96. The summed E-state index contributed by atoms with van der Waals surface area (Å²) >= 11 is 7.48. The highest BCUT2D eigenvalue weighted by Crippen LogP contribution is 2.25. The first kappa shape index (κ1) is 21.2. The van der Waals surface area contributed by atoms with Gasteiger partial charge in [-0.2, -0.15) is 4.31 Å². The van der Waals surface area contributed by atoms with Crippen molar-refractivity contribution in [3.63, 3.8) is 0 Å². The van der Waals surface area contributed by atoms with Crippen molar-refractivity contribution in [2.45, 2.75) is 29.6 Å². The number of hydrogen-bond acceptors (Lipinski definition) is 4. The highest BCUT2D eigenvalue weighted by atomic mass is 35.5. The normalized spacial score (nSPS) is 14.9. The lowest BCUT2D eigenvalue weighted by molar-refractivity contribution is 0.0956. The summed E-state index contributed by atoms with van der Waals surface area (Å²) in [5.41, 5.74) is 1.02. The number of rotatable bonds is 7. The standard InChI is InChI=1S/C20H23ClN2O3S2/c1-15-4-5-16(14-19(15)28(25,26)23-11-2-3-12-23)20(24)22-10-13-27-18-8-6-17(21)7-9-18/h4-9,14H,2-3,10-13H2,1H3,(H,22,24). The average Bonchev–Trinajstić information content (AvgIpc) is 3.22. The summed E-state index contributed by atoms with van der Waals surface area (Å²) in [5.74, 6) is 0.438. The molecule has 5 nitrogen and oxygen atoms in total. The molecular formula is C20H23ClN2O3S2. The molecule has 28 heavy (non-hydrogen) atoms. The van der Waals surface area contributed by atoms with Gasteiger partial charge in [-0.05, 0) is 61.7 Å². The molecule has 1 amide bonds. The van der Waals surface area contributed by atoms with Crippen molar-refractivity contribution in [3.05, 3.63) is 58.6 Å². The second-order valence-corrected chi connectivity index (χ2v) is 10.2. The van der Waals surface area contributed by atoms with Crippen LogP contribution in [0.15, 0.2) is 52.3 Å². The number of benzene rings is 2. The quantitative estimate of drug-likeness (QED) is 0.525. The SMILES string of the molecule is Cc1ccc(C(=O)NCCSc2ccc(Cl)cc2)cc1S(=O)(=O)N1CCCC1. The second-order valence-electron chi connectivity index (χ2n) is 6.65. The van der Waals surface area contributed by atoms with Crippen LogP contribution < -0.4 is 5.32 Å². The van der Waals surface area contributed by atoms with Gasteiger partial charge < -0.3 is 5.32 Å². The van der Waals surface area contributed by atoms with Gasteiger partial charge in [0.2, 0.25) is 10.0 Å². The summed E-state index contributed by atoms with van der Waals surface area (Å²) < 4.78 is 27.2. The Bertz CT molecular complexity index is 940. The molecule has 150 valence electrons. The number of aryl methyl sites for hydroxylation is 1. The molecule has 1 saturated heterocycles. The minimum atomic E-state index is -3.55. The monoisotopic (exact) mass is 438 g/mol. The fraction of sp³-hybridized carbons (Fsp3) is 0.350. The van der Waals surface area contributed by atoms with Crippen LogP contribution in [-0.4, -0.2) is 44.0 Å². The van der Waals surface area contributed by atoms with E-state index in [-0.39, 0.29) is 10.8 Å². The number of halogens is 1. The fourth-order valence-electron chi connectivity index (χ4n) is 3.05. The lowest BCUT2D eigenvalue weighted by Gasteiger charge is -2.17. The fourth-order valence-corrected chi connectivity index (χ4v) is 5.72. The molecule has 0 atom stereocenters. The smallest absolute Gasteiger partial charge is 0.251 e. The second kappa shape index (κ2) is 9.31. The lowest BCUT2D eigenvalue weighted by Crippen LogP contribution is -2.29. The summed E-state index contributed by atoms with van der Waals surface area (Å²) in [6.07, 6.45) is 1.76. The third kappa shape index (κ3) is 5.08. The zero-order valence-electron chi connectivity index (χ0n) is 15.7. The number of carbonyl (C=O) groups is 1. The third-order valence-electron chi connectivity index (χ3n) is 4.60. The Morgan fingerprint density at radius 3 is 2.50 bits per heavy atom. The van der Waals surface area contributed by atoms with E-state index in [1.165, 1.54) is 10.4 Å². The van der Waals surface area contributed by atoms with Gasteiger partial charge in [0.05, 0.1) is 4.90 Å². The Labute approximate surface area is 175 Å². The van der Waals surface area contributed by atoms with E-state index >= 15 is 0 Å². The number of carbonyl (C=O) groups excluding carboxylic acids is 1. The van der Waals surface area contributed by atoms with E-state index in [4.69, 9.17) is 11.6 Å². The van der Waals surface area contributed by atoms with Crippen molar-refractivity contribution in [3.8, 4) is 0 Å². The number of amides is 1. The number of sulfonamides is 1. The zero-order chi connectivity index (χ0) is 20.1. The van der Waals surface area contributed by atoms with E-state index in [1.807, 2.05) is 24.3 Å². The van der Waals surface area contributed by atoms with E-state index in [0.29, 0.717) is 41.5 Å². The molecule has 0 spiro atoms. The van der Waals surface area contributed by atoms with Crippen LogP contribution in [0.2, 0.25) is 5.02 Å². The van der Waals surface area contributed by atoms with Crippen molar-refractivity contribution in [2.75, 3.05) is 25.4 Å². The minimum Gasteiger partial charge on any atom is -0.351 e. The maximum atomic E-state index is 12.9. The molecule has 1 aliphatic heterocycles. The molecule has 2 aromatic carbocycles. The molecule has 0 aromatic heterocycles. The van der Waals surface area contributed by atoms with Crippen LogP contribution in [0.3, 0.4) is 0 Å². The van der Waals surface area contributed by atoms with Crippen LogP contribution in [0.25, 0.3) is 0 Å². The maximum absolute atomic E-state index is 12.9. The minimum absolute atomic E-state index is 0.220. The Balaban J connectivity index is 1.61. The maximum Gasteiger partial charge on any atom is 0.251 e. The topological polar surface area (TPSA) is 66.5 Å². The van der Waals surface area contributed by atoms with E-state index in [2.05, 4.69) is 5.32 Å². The van der Waals surface area contributed by atoms with Gasteiger partial charge in [-0.25, -0.2) is 8.42 Å². The van der Waals surface area contributed by atoms with Gasteiger partial charge in [-0.1, -0.05) is 17.7 Å². The molecule has 1 aliphatic rings. The van der Waals surface area contributed by atoms with E-state index in [1.54, 1.807) is 30.8 Å². The molecule has 1 fully saturated rings. The largest absolute Gasteiger partial charge is 0.351 e. The Morgan fingerprint density at radius 1 is 1.14 bits per heavy atom. The van der Waals surface area contributed by atoms with Crippen molar-refractivity contribution >= 4 is 39.3 Å². The summed E-state index contributed by atoms with van der Waals surface area (Å²) in [7, 11) is -3.55. The van der Waals surface area contributed by atoms with Crippen LogP contribution in [-0.2, 0) is 10.0 Å². The van der Waals surface area contributed by atoms with Crippen LogP contribution in [0.1, 0.15) is 28.8 Å². The molecule has 0 unspecified atom stereocenters. The molecular weight excluding hydrogens is 416 g/mol. The molecule has 8 heteroatoms. The first-order chi connectivity index (χ1) is 13.4. The zero-order valence-corrected chi connectivity index (χ0v) is 18.0. The molecule has 0 bridgehead atoms. The van der Waals surface area contributed by atoms with Crippen molar-refractivity contribution < 1.29 is 13.2 Å². The van der Waals surface area contributed by atoms with Crippen molar-refractivity contribution in [1.29, 1.82) is 0 Å². The molecule has 0 saturated carbocycles. The average molecular weight is 439 g/mol. The molecule has 0 aliphatic carbocycles. The Hall–Kier alpha value is -1.54. The van der Waals surface area contributed by atoms with Crippen LogP contribution in [0, 0.1) is 6.92 Å². The van der Waals surface area contributed by atoms with Crippen molar-refractivity contribution in [1.82, 2.24) is 9.62 Å². The van der Waals surface area contributed by atoms with Gasteiger partial charge in [-0.15, -0.1) is 11.8 Å². The van der Waals surface area contributed by atoms with Gasteiger partial charge in [-0.3, -0.25) is 4.79 Å². The van der Waals surface area contributed by atoms with Gasteiger partial charge >= 0.3 is 0 Å². The van der Waals surface area contributed by atoms with E-state index < -0.39 is 10.0 Å². The summed E-state index contributed by atoms with van der Waals surface area (Å²) in [6, 6.07) is 12.4. The number of thioether (sulfide) groups is 1. The van der Waals surface area contributed by atoms with E-state index in [0.717, 1.165) is 17.7 Å².